The average molecular weight is 373 g/mol. The van der Waals surface area contributed by atoms with E-state index in [0.29, 0.717) is 24.8 Å². The number of amides is 1. The molecule has 5 rings (SSSR count). The Morgan fingerprint density at radius 2 is 2.19 bits per heavy atom. The van der Waals surface area contributed by atoms with Gasteiger partial charge in [-0.15, -0.1) is 10.2 Å². The Hall–Kier alpha value is -2.72. The van der Waals surface area contributed by atoms with Crippen LogP contribution >= 0.6 is 0 Å². The van der Waals surface area contributed by atoms with Crippen LogP contribution in [0.3, 0.4) is 0 Å². The molecule has 4 N–H and O–H groups in total. The van der Waals surface area contributed by atoms with Crippen LogP contribution < -0.4 is 5.73 Å². The van der Waals surface area contributed by atoms with Crippen molar-refractivity contribution in [3.63, 3.8) is 0 Å². The Bertz CT molecular complexity index is 948. The normalized spacial score (nSPS) is 22.7. The molecule has 2 fully saturated rings. The zero-order chi connectivity index (χ0) is 19.0. The highest BCUT2D eigenvalue weighted by atomic mass is 16.5. The third-order valence-electron chi connectivity index (χ3n) is 5.20. The number of aromatic nitrogens is 5. The molecule has 2 aliphatic heterocycles. The summed E-state index contributed by atoms with van der Waals surface area (Å²) in [6, 6.07) is 2.28. The van der Waals surface area contributed by atoms with Crippen molar-refractivity contribution in [3.8, 4) is 0 Å². The van der Waals surface area contributed by atoms with Gasteiger partial charge in [-0.05, 0) is 12.0 Å². The number of H-pyrrole nitrogens is 1. The number of rotatable bonds is 2. The second-order valence-electron chi connectivity index (χ2n) is 6.98. The summed E-state index contributed by atoms with van der Waals surface area (Å²) >= 11 is 0. The molecule has 10 heteroatoms. The Morgan fingerprint density at radius 3 is 2.81 bits per heavy atom. The van der Waals surface area contributed by atoms with Gasteiger partial charge in [-0.3, -0.25) is 4.40 Å². The van der Waals surface area contributed by atoms with Gasteiger partial charge in [-0.25, -0.2) is 9.78 Å². The summed E-state index contributed by atoms with van der Waals surface area (Å²) in [5, 5.41) is 17.8. The first-order valence-electron chi connectivity index (χ1n) is 9.06. The van der Waals surface area contributed by atoms with Crippen LogP contribution in [-0.4, -0.2) is 73.0 Å². The van der Waals surface area contributed by atoms with E-state index < -0.39 is 6.09 Å². The SMILES string of the molecule is CC[C@H]1CN(C(=O)O)C[C@H]1c1nnc2cnc3[nH]ccc3n12.NC1COC1. The van der Waals surface area contributed by atoms with Gasteiger partial charge in [0.25, 0.3) is 0 Å². The number of nitrogens with zero attached hydrogens (tertiary/aromatic N) is 5. The molecule has 0 radical (unpaired) electrons. The lowest BCUT2D eigenvalue weighted by molar-refractivity contribution is 0.0121. The molecule has 1 amide bonds. The van der Waals surface area contributed by atoms with Crippen LogP contribution in [0.25, 0.3) is 16.8 Å². The Morgan fingerprint density at radius 1 is 1.41 bits per heavy atom. The van der Waals surface area contributed by atoms with Crippen LogP contribution in [-0.2, 0) is 4.74 Å². The summed E-state index contributed by atoms with van der Waals surface area (Å²) < 4.78 is 6.69. The van der Waals surface area contributed by atoms with Crippen LogP contribution in [0.4, 0.5) is 4.79 Å². The van der Waals surface area contributed by atoms with Gasteiger partial charge in [0.05, 0.1) is 31.0 Å². The minimum atomic E-state index is -0.872. The summed E-state index contributed by atoms with van der Waals surface area (Å²) in [7, 11) is 0. The van der Waals surface area contributed by atoms with Gasteiger partial charge >= 0.3 is 6.09 Å². The molecule has 2 aliphatic rings. The first-order valence-corrected chi connectivity index (χ1v) is 9.06. The molecular formula is C17H23N7O3. The standard InChI is InChI=1S/C14H16N6O2.C3H7NO/c1-2-8-6-19(14(21)22)7-9(8)13-18-17-11-5-16-12-10(20(11)13)3-4-15-12;4-3-1-5-2-3/h3-5,8-9,15H,2,6-7H2,1H3,(H,21,22);3H,1-2,4H2/t8-,9+;/m0./s1. The third-order valence-corrected chi connectivity index (χ3v) is 5.20. The van der Waals surface area contributed by atoms with Crippen LogP contribution in [0.2, 0.25) is 0 Å². The maximum atomic E-state index is 11.3. The van der Waals surface area contributed by atoms with Gasteiger partial charge < -0.3 is 25.5 Å². The minimum Gasteiger partial charge on any atom is -0.465 e. The molecule has 144 valence electrons. The molecule has 0 aromatic carbocycles. The predicted octanol–water partition coefficient (Wildman–Crippen LogP) is 1.05. The molecule has 0 aliphatic carbocycles. The lowest BCUT2D eigenvalue weighted by Gasteiger charge is -2.20. The fourth-order valence-corrected chi connectivity index (χ4v) is 3.63. The van der Waals surface area contributed by atoms with Crippen LogP contribution in [0, 0.1) is 5.92 Å². The van der Waals surface area contributed by atoms with Gasteiger partial charge in [0.15, 0.2) is 11.3 Å². The van der Waals surface area contributed by atoms with Crippen LogP contribution in [0.15, 0.2) is 18.5 Å². The van der Waals surface area contributed by atoms with Crippen molar-refractivity contribution < 1.29 is 14.6 Å². The van der Waals surface area contributed by atoms with Crippen molar-refractivity contribution in [2.24, 2.45) is 11.7 Å². The topological polar surface area (TPSA) is 135 Å². The number of hydrogen-bond donors (Lipinski definition) is 3. The third kappa shape index (κ3) is 3.21. The van der Waals surface area contributed by atoms with Crippen LogP contribution in [0.5, 0.6) is 0 Å². The fourth-order valence-electron chi connectivity index (χ4n) is 3.63. The molecule has 0 saturated carbocycles. The van der Waals surface area contributed by atoms with Crippen molar-refractivity contribution >= 4 is 22.9 Å². The van der Waals surface area contributed by atoms with E-state index in [9.17, 15) is 9.90 Å². The number of fused-ring (bicyclic) bond motifs is 3. The maximum Gasteiger partial charge on any atom is 0.407 e. The molecule has 27 heavy (non-hydrogen) atoms. The number of ether oxygens (including phenoxy) is 1. The molecule has 10 nitrogen and oxygen atoms in total. The highest BCUT2D eigenvalue weighted by Crippen LogP contribution is 2.34. The second kappa shape index (κ2) is 7.12. The summed E-state index contributed by atoms with van der Waals surface area (Å²) in [6.45, 7) is 4.62. The molecule has 2 saturated heterocycles. The van der Waals surface area contributed by atoms with Gasteiger partial charge in [0.1, 0.15) is 5.82 Å². The van der Waals surface area contributed by atoms with E-state index in [4.69, 9.17) is 10.5 Å². The van der Waals surface area contributed by atoms with Gasteiger partial charge in [0, 0.05) is 25.2 Å². The highest BCUT2D eigenvalue weighted by molar-refractivity contribution is 5.74. The zero-order valence-corrected chi connectivity index (χ0v) is 15.1. The summed E-state index contributed by atoms with van der Waals surface area (Å²) in [5.74, 6) is 1.12. The number of carboxylic acid groups (broad SMARTS) is 1. The minimum absolute atomic E-state index is 0.0524. The zero-order valence-electron chi connectivity index (χ0n) is 15.1. The molecule has 0 bridgehead atoms. The van der Waals surface area contributed by atoms with E-state index in [-0.39, 0.29) is 11.8 Å². The highest BCUT2D eigenvalue weighted by Gasteiger charge is 2.38. The number of nitrogens with two attached hydrogens (primary N) is 1. The van der Waals surface area contributed by atoms with E-state index in [1.165, 1.54) is 4.90 Å². The molecule has 0 spiro atoms. The number of carbonyl (C=O) groups is 1. The average Bonchev–Trinajstić information content (AvgIpc) is 3.35. The van der Waals surface area contributed by atoms with E-state index in [1.54, 1.807) is 6.20 Å². The summed E-state index contributed by atoms with van der Waals surface area (Å²) in [6.07, 6.45) is 3.55. The number of aromatic amines is 1. The largest absolute Gasteiger partial charge is 0.465 e. The summed E-state index contributed by atoms with van der Waals surface area (Å²) in [4.78, 5) is 20.1. The molecule has 3 aromatic heterocycles. The molecule has 2 atom stereocenters. The van der Waals surface area contributed by atoms with Gasteiger partial charge in [-0.2, -0.15) is 0 Å². The molecule has 0 unspecified atom stereocenters. The second-order valence-corrected chi connectivity index (χ2v) is 6.98. The van der Waals surface area contributed by atoms with Gasteiger partial charge in [0.2, 0.25) is 0 Å². The Labute approximate surface area is 155 Å². The van der Waals surface area contributed by atoms with Crippen molar-refractivity contribution in [2.75, 3.05) is 26.3 Å². The quantitative estimate of drug-likeness (QED) is 0.611. The first kappa shape index (κ1) is 17.7. The van der Waals surface area contributed by atoms with E-state index >= 15 is 0 Å². The monoisotopic (exact) mass is 373 g/mol. The number of nitrogens with one attached hydrogen (secondary N) is 1. The van der Waals surface area contributed by atoms with Crippen molar-refractivity contribution in [1.29, 1.82) is 0 Å². The van der Waals surface area contributed by atoms with E-state index in [1.807, 2.05) is 16.7 Å². The number of hydrogen-bond acceptors (Lipinski definition) is 6. The van der Waals surface area contributed by atoms with E-state index in [0.717, 1.165) is 36.6 Å². The molecule has 3 aromatic rings. The maximum absolute atomic E-state index is 11.3. The number of likely N-dealkylation sites (tertiary alicyclic amines) is 1. The predicted molar refractivity (Wildman–Crippen MR) is 97.6 cm³/mol. The lowest BCUT2D eigenvalue weighted by atomic mass is 9.93. The summed E-state index contributed by atoms with van der Waals surface area (Å²) in [5.41, 5.74) is 7.63. The molecule has 5 heterocycles. The smallest absolute Gasteiger partial charge is 0.407 e. The lowest BCUT2D eigenvalue weighted by Crippen LogP contribution is -2.41. The molecular weight excluding hydrogens is 350 g/mol. The fraction of sp³-hybridized carbons (Fsp3) is 0.529. The first-order chi connectivity index (χ1) is 13.1. The van der Waals surface area contributed by atoms with E-state index in [2.05, 4.69) is 27.1 Å². The van der Waals surface area contributed by atoms with Crippen molar-refractivity contribution in [2.45, 2.75) is 25.3 Å². The van der Waals surface area contributed by atoms with Crippen molar-refractivity contribution in [3.05, 3.63) is 24.3 Å². The van der Waals surface area contributed by atoms with Crippen molar-refractivity contribution in [1.82, 2.24) is 29.5 Å². The van der Waals surface area contributed by atoms with Crippen LogP contribution in [0.1, 0.15) is 25.1 Å². The Balaban J connectivity index is 0.000000314. The Kier molecular flexibility index (Phi) is 4.66. The van der Waals surface area contributed by atoms with Gasteiger partial charge in [-0.1, -0.05) is 13.3 Å².